The average Bonchev–Trinajstić information content (AvgIpc) is 2.54. The highest BCUT2D eigenvalue weighted by Gasteiger charge is 2.21. The van der Waals surface area contributed by atoms with E-state index in [2.05, 4.69) is 11.4 Å². The molecule has 0 saturated carbocycles. The van der Waals surface area contributed by atoms with Gasteiger partial charge in [0.1, 0.15) is 5.75 Å². The van der Waals surface area contributed by atoms with Crippen LogP contribution in [-0.2, 0) is 4.79 Å². The third-order valence-corrected chi connectivity index (χ3v) is 3.92. The fourth-order valence-electron chi connectivity index (χ4n) is 2.54. The van der Waals surface area contributed by atoms with Crippen LogP contribution in [0.1, 0.15) is 43.0 Å². The van der Waals surface area contributed by atoms with E-state index in [1.165, 1.54) is 5.56 Å². The monoisotopic (exact) mass is 311 g/mol. The summed E-state index contributed by atoms with van der Waals surface area (Å²) in [4.78, 5) is 12.5. The van der Waals surface area contributed by atoms with Crippen LogP contribution in [0.15, 0.2) is 48.5 Å². The van der Waals surface area contributed by atoms with Crippen molar-refractivity contribution in [2.75, 3.05) is 0 Å². The number of nitrogens with one attached hydrogen (secondary N) is 1. The molecule has 0 aromatic heterocycles. The first kappa shape index (κ1) is 17.1. The topological polar surface area (TPSA) is 38.3 Å². The van der Waals surface area contributed by atoms with E-state index in [-0.39, 0.29) is 11.9 Å². The number of carbonyl (C=O) groups excluding carboxylic acids is 1. The molecule has 0 heterocycles. The Labute approximate surface area is 138 Å². The van der Waals surface area contributed by atoms with Crippen molar-refractivity contribution in [2.45, 2.75) is 46.3 Å². The number of ether oxygens (including phenoxy) is 1. The number of rotatable bonds is 6. The van der Waals surface area contributed by atoms with Gasteiger partial charge in [-0.05, 0) is 44.4 Å². The molecule has 0 saturated heterocycles. The summed E-state index contributed by atoms with van der Waals surface area (Å²) < 4.78 is 5.94. The minimum Gasteiger partial charge on any atom is -0.480 e. The lowest BCUT2D eigenvalue weighted by Crippen LogP contribution is -2.39. The summed E-state index contributed by atoms with van der Waals surface area (Å²) in [6, 6.07) is 15.9. The molecule has 1 N–H and O–H groups in total. The Balaban J connectivity index is 2.03. The van der Waals surface area contributed by atoms with Crippen molar-refractivity contribution >= 4 is 5.91 Å². The van der Waals surface area contributed by atoms with Gasteiger partial charge in [-0.3, -0.25) is 4.79 Å². The van der Waals surface area contributed by atoms with E-state index in [0.29, 0.717) is 6.42 Å². The largest absolute Gasteiger partial charge is 0.480 e. The van der Waals surface area contributed by atoms with Crippen LogP contribution in [0.5, 0.6) is 5.75 Å². The van der Waals surface area contributed by atoms with E-state index in [9.17, 15) is 4.79 Å². The molecule has 2 atom stereocenters. The number of hydrogen-bond acceptors (Lipinski definition) is 2. The Bertz CT molecular complexity index is 652. The maximum Gasteiger partial charge on any atom is 0.261 e. The molecule has 3 nitrogen and oxygen atoms in total. The summed E-state index contributed by atoms with van der Waals surface area (Å²) in [5.41, 5.74) is 3.32. The van der Waals surface area contributed by atoms with Gasteiger partial charge in [-0.15, -0.1) is 0 Å². The molecule has 0 spiro atoms. The summed E-state index contributed by atoms with van der Waals surface area (Å²) in [7, 11) is 0. The van der Waals surface area contributed by atoms with Crippen LogP contribution in [0.2, 0.25) is 0 Å². The number of hydrogen-bond donors (Lipinski definition) is 1. The molecule has 1 amide bonds. The SMILES string of the molecule is CCC(Oc1ccc(C)cc1C)C(=O)NC(C)c1ccccc1. The first-order valence-electron chi connectivity index (χ1n) is 8.10. The second kappa shape index (κ2) is 7.82. The molecule has 2 rings (SSSR count). The number of benzene rings is 2. The molecular weight excluding hydrogens is 286 g/mol. The van der Waals surface area contributed by atoms with Crippen molar-refractivity contribution in [3.8, 4) is 5.75 Å². The van der Waals surface area contributed by atoms with E-state index in [0.717, 1.165) is 16.9 Å². The first-order chi connectivity index (χ1) is 11.0. The Hall–Kier alpha value is -2.29. The van der Waals surface area contributed by atoms with Crippen LogP contribution in [0.4, 0.5) is 0 Å². The van der Waals surface area contributed by atoms with Crippen LogP contribution in [-0.4, -0.2) is 12.0 Å². The van der Waals surface area contributed by atoms with Crippen molar-refractivity contribution in [3.05, 3.63) is 65.2 Å². The zero-order chi connectivity index (χ0) is 16.8. The van der Waals surface area contributed by atoms with Gasteiger partial charge in [0.15, 0.2) is 6.10 Å². The molecule has 122 valence electrons. The van der Waals surface area contributed by atoms with Crippen molar-refractivity contribution in [1.29, 1.82) is 0 Å². The van der Waals surface area contributed by atoms with Gasteiger partial charge in [-0.25, -0.2) is 0 Å². The van der Waals surface area contributed by atoms with Crippen molar-refractivity contribution in [1.82, 2.24) is 5.32 Å². The van der Waals surface area contributed by atoms with Gasteiger partial charge in [0.2, 0.25) is 0 Å². The van der Waals surface area contributed by atoms with Crippen LogP contribution in [0.3, 0.4) is 0 Å². The van der Waals surface area contributed by atoms with E-state index in [4.69, 9.17) is 4.74 Å². The summed E-state index contributed by atoms with van der Waals surface area (Å²) in [5, 5.41) is 3.03. The van der Waals surface area contributed by atoms with E-state index in [1.54, 1.807) is 0 Å². The highest BCUT2D eigenvalue weighted by molar-refractivity contribution is 5.81. The second-order valence-electron chi connectivity index (χ2n) is 5.92. The molecule has 3 heteroatoms. The van der Waals surface area contributed by atoms with Gasteiger partial charge >= 0.3 is 0 Å². The number of carbonyl (C=O) groups is 1. The molecule has 0 radical (unpaired) electrons. The normalized spacial score (nSPS) is 13.2. The van der Waals surface area contributed by atoms with Crippen molar-refractivity contribution < 1.29 is 9.53 Å². The van der Waals surface area contributed by atoms with Gasteiger partial charge < -0.3 is 10.1 Å². The Morgan fingerprint density at radius 1 is 1.13 bits per heavy atom. The molecule has 0 aliphatic carbocycles. The molecule has 0 fully saturated rings. The van der Waals surface area contributed by atoms with Gasteiger partial charge in [0, 0.05) is 0 Å². The molecule has 0 aliphatic rings. The minimum absolute atomic E-state index is 0.0412. The summed E-state index contributed by atoms with van der Waals surface area (Å²) in [5.74, 6) is 0.689. The van der Waals surface area contributed by atoms with E-state index >= 15 is 0 Å². The third kappa shape index (κ3) is 4.59. The Morgan fingerprint density at radius 2 is 1.83 bits per heavy atom. The quantitative estimate of drug-likeness (QED) is 0.862. The van der Waals surface area contributed by atoms with Crippen molar-refractivity contribution in [2.24, 2.45) is 0 Å². The molecule has 23 heavy (non-hydrogen) atoms. The summed E-state index contributed by atoms with van der Waals surface area (Å²) in [6.45, 7) is 7.99. The van der Waals surface area contributed by atoms with Gasteiger partial charge in [-0.1, -0.05) is 55.0 Å². The molecule has 2 aromatic rings. The summed E-state index contributed by atoms with van der Waals surface area (Å²) >= 11 is 0. The lowest BCUT2D eigenvalue weighted by molar-refractivity contribution is -0.128. The highest BCUT2D eigenvalue weighted by Crippen LogP contribution is 2.21. The molecule has 0 aliphatic heterocycles. The lowest BCUT2D eigenvalue weighted by atomic mass is 10.1. The van der Waals surface area contributed by atoms with Gasteiger partial charge in [0.05, 0.1) is 6.04 Å². The molecule has 0 bridgehead atoms. The molecule has 2 unspecified atom stereocenters. The number of aryl methyl sites for hydroxylation is 2. The maximum atomic E-state index is 12.5. The fraction of sp³-hybridized carbons (Fsp3) is 0.350. The van der Waals surface area contributed by atoms with Gasteiger partial charge in [0.25, 0.3) is 5.91 Å². The predicted molar refractivity (Wildman–Crippen MR) is 93.6 cm³/mol. The zero-order valence-corrected chi connectivity index (χ0v) is 14.3. The van der Waals surface area contributed by atoms with Crippen LogP contribution in [0.25, 0.3) is 0 Å². The average molecular weight is 311 g/mol. The predicted octanol–water partition coefficient (Wildman–Crippen LogP) is 4.34. The van der Waals surface area contributed by atoms with E-state index in [1.807, 2.05) is 70.2 Å². The van der Waals surface area contributed by atoms with Crippen molar-refractivity contribution in [3.63, 3.8) is 0 Å². The van der Waals surface area contributed by atoms with Crippen LogP contribution < -0.4 is 10.1 Å². The second-order valence-corrected chi connectivity index (χ2v) is 5.92. The highest BCUT2D eigenvalue weighted by atomic mass is 16.5. The maximum absolute atomic E-state index is 12.5. The zero-order valence-electron chi connectivity index (χ0n) is 14.3. The van der Waals surface area contributed by atoms with Crippen LogP contribution >= 0.6 is 0 Å². The lowest BCUT2D eigenvalue weighted by Gasteiger charge is -2.21. The van der Waals surface area contributed by atoms with E-state index < -0.39 is 6.10 Å². The standard InChI is InChI=1S/C20H25NO2/c1-5-18(23-19-12-11-14(2)13-15(19)3)20(22)21-16(4)17-9-7-6-8-10-17/h6-13,16,18H,5H2,1-4H3,(H,21,22). The Morgan fingerprint density at radius 3 is 2.43 bits per heavy atom. The fourth-order valence-corrected chi connectivity index (χ4v) is 2.54. The third-order valence-electron chi connectivity index (χ3n) is 3.92. The molecule has 2 aromatic carbocycles. The first-order valence-corrected chi connectivity index (χ1v) is 8.10. The summed E-state index contributed by atoms with van der Waals surface area (Å²) in [6.07, 6.45) is 0.142. The smallest absolute Gasteiger partial charge is 0.261 e. The van der Waals surface area contributed by atoms with Crippen LogP contribution in [0, 0.1) is 13.8 Å². The number of amides is 1. The minimum atomic E-state index is -0.484. The van der Waals surface area contributed by atoms with Gasteiger partial charge in [-0.2, -0.15) is 0 Å². The Kier molecular flexibility index (Phi) is 5.80. The molecular formula is C20H25NO2.